The molecule has 0 aliphatic heterocycles. The fourth-order valence-electron chi connectivity index (χ4n) is 3.28. The third kappa shape index (κ3) is 7.22. The van der Waals surface area contributed by atoms with Crippen molar-refractivity contribution in [1.82, 2.24) is 14.9 Å². The van der Waals surface area contributed by atoms with Crippen LogP contribution in [0.3, 0.4) is 0 Å². The molecule has 2 aromatic rings. The zero-order valence-electron chi connectivity index (χ0n) is 20.9. The van der Waals surface area contributed by atoms with Crippen LogP contribution in [0.25, 0.3) is 0 Å². The van der Waals surface area contributed by atoms with Gasteiger partial charge in [-0.05, 0) is 42.7 Å². The molecule has 0 aliphatic carbocycles. The number of nitrogens with one attached hydrogen (secondary N) is 1. The van der Waals surface area contributed by atoms with Gasteiger partial charge < -0.3 is 5.32 Å². The highest BCUT2D eigenvalue weighted by molar-refractivity contribution is 7.99. The van der Waals surface area contributed by atoms with Gasteiger partial charge in [0.05, 0.1) is 0 Å². The molecule has 32 heavy (non-hydrogen) atoms. The summed E-state index contributed by atoms with van der Waals surface area (Å²) < 4.78 is 1.64. The van der Waals surface area contributed by atoms with Gasteiger partial charge in [0.25, 0.3) is 5.56 Å². The van der Waals surface area contributed by atoms with Crippen LogP contribution < -0.4 is 10.9 Å². The van der Waals surface area contributed by atoms with E-state index >= 15 is 0 Å². The largest absolute Gasteiger partial charge is 0.353 e. The lowest BCUT2D eigenvalue weighted by molar-refractivity contribution is -0.121. The summed E-state index contributed by atoms with van der Waals surface area (Å²) in [5.74, 6) is 1.25. The number of aryl methyl sites for hydroxylation is 1. The van der Waals surface area contributed by atoms with Crippen molar-refractivity contribution in [2.24, 2.45) is 13.0 Å². The molecular formula is C26H39N3O2S. The molecule has 5 nitrogen and oxygen atoms in total. The highest BCUT2D eigenvalue weighted by atomic mass is 32.2. The molecule has 1 amide bonds. The summed E-state index contributed by atoms with van der Waals surface area (Å²) in [5.41, 5.74) is 4.02. The average molecular weight is 458 g/mol. The number of carbonyl (C=O) groups is 1. The Kier molecular flexibility index (Phi) is 9.14. The average Bonchev–Trinajstić information content (AvgIpc) is 2.71. The summed E-state index contributed by atoms with van der Waals surface area (Å²) in [4.78, 5) is 29.8. The van der Waals surface area contributed by atoms with Crippen LogP contribution in [0, 0.1) is 12.8 Å². The van der Waals surface area contributed by atoms with E-state index in [1.807, 2.05) is 13.8 Å². The number of aromatic nitrogens is 2. The third-order valence-electron chi connectivity index (χ3n) is 5.92. The van der Waals surface area contributed by atoms with Gasteiger partial charge in [-0.25, -0.2) is 4.98 Å². The molecule has 1 aromatic heterocycles. The van der Waals surface area contributed by atoms with Gasteiger partial charge in [-0.2, -0.15) is 0 Å². The second-order valence-corrected chi connectivity index (χ2v) is 11.1. The predicted molar refractivity (Wildman–Crippen MR) is 135 cm³/mol. The van der Waals surface area contributed by atoms with E-state index in [2.05, 4.69) is 64.2 Å². The predicted octanol–water partition coefficient (Wildman–Crippen LogP) is 5.01. The highest BCUT2D eigenvalue weighted by Gasteiger charge is 2.16. The SMILES string of the molecule is Cc1nc(SCCCC(=O)NC(C)C(C)C)n(C)c(=O)c1Cc1ccc(C(C)(C)C)cc1. The van der Waals surface area contributed by atoms with E-state index < -0.39 is 0 Å². The van der Waals surface area contributed by atoms with Crippen molar-refractivity contribution in [3.63, 3.8) is 0 Å². The fourth-order valence-corrected chi connectivity index (χ4v) is 4.23. The summed E-state index contributed by atoms with van der Waals surface area (Å²) in [6.45, 7) is 14.7. The molecule has 176 valence electrons. The van der Waals surface area contributed by atoms with Crippen molar-refractivity contribution in [2.75, 3.05) is 5.75 Å². The van der Waals surface area contributed by atoms with E-state index in [4.69, 9.17) is 4.98 Å². The summed E-state index contributed by atoms with van der Waals surface area (Å²) in [6.07, 6.45) is 1.81. The van der Waals surface area contributed by atoms with Crippen LogP contribution in [-0.2, 0) is 23.7 Å². The van der Waals surface area contributed by atoms with E-state index in [0.29, 0.717) is 23.9 Å². The van der Waals surface area contributed by atoms with Crippen molar-refractivity contribution in [1.29, 1.82) is 0 Å². The van der Waals surface area contributed by atoms with Crippen LogP contribution >= 0.6 is 11.8 Å². The topological polar surface area (TPSA) is 64.0 Å². The van der Waals surface area contributed by atoms with Gasteiger partial charge in [-0.15, -0.1) is 0 Å². The van der Waals surface area contributed by atoms with Crippen LogP contribution in [0.2, 0.25) is 0 Å². The Bertz CT molecular complexity index is 972. The van der Waals surface area contributed by atoms with E-state index in [-0.39, 0.29) is 22.9 Å². The Morgan fingerprint density at radius 3 is 2.34 bits per heavy atom. The Labute approximate surface area is 197 Å². The number of rotatable bonds is 9. The normalized spacial score (nSPS) is 12.8. The first-order chi connectivity index (χ1) is 14.9. The van der Waals surface area contributed by atoms with Crippen LogP contribution in [0.5, 0.6) is 0 Å². The van der Waals surface area contributed by atoms with Gasteiger partial charge in [0.15, 0.2) is 5.16 Å². The standard InChI is InChI=1S/C26H39N3O2S/c1-17(2)18(3)27-23(30)10-9-15-32-25-28-19(4)22(24(31)29(25)8)16-20-11-13-21(14-12-20)26(5,6)7/h11-14,17-18H,9-10,15-16H2,1-8H3,(H,27,30). The highest BCUT2D eigenvalue weighted by Crippen LogP contribution is 2.23. The lowest BCUT2D eigenvalue weighted by atomic mass is 9.86. The fraction of sp³-hybridized carbons (Fsp3) is 0.577. The molecule has 0 radical (unpaired) electrons. The zero-order chi connectivity index (χ0) is 24.1. The number of amides is 1. The van der Waals surface area contributed by atoms with Gasteiger partial charge in [0.2, 0.25) is 5.91 Å². The summed E-state index contributed by atoms with van der Waals surface area (Å²) in [5, 5.41) is 3.73. The van der Waals surface area contributed by atoms with Crippen molar-refractivity contribution in [3.8, 4) is 0 Å². The molecule has 0 fully saturated rings. The molecule has 0 aliphatic rings. The number of benzene rings is 1. The molecule has 1 N–H and O–H groups in total. The maximum absolute atomic E-state index is 13.0. The number of hydrogen-bond acceptors (Lipinski definition) is 4. The summed E-state index contributed by atoms with van der Waals surface area (Å²) >= 11 is 1.53. The van der Waals surface area contributed by atoms with Gasteiger partial charge >= 0.3 is 0 Å². The van der Waals surface area contributed by atoms with Gasteiger partial charge in [-0.1, -0.05) is 70.6 Å². The lowest BCUT2D eigenvalue weighted by Gasteiger charge is -2.19. The van der Waals surface area contributed by atoms with E-state index in [0.717, 1.165) is 29.0 Å². The van der Waals surface area contributed by atoms with Crippen LogP contribution in [0.1, 0.15) is 76.8 Å². The van der Waals surface area contributed by atoms with Gasteiger partial charge in [-0.3, -0.25) is 14.2 Å². The van der Waals surface area contributed by atoms with Crippen molar-refractivity contribution < 1.29 is 4.79 Å². The molecule has 0 saturated heterocycles. The summed E-state index contributed by atoms with van der Waals surface area (Å²) in [6, 6.07) is 8.67. The maximum Gasteiger partial charge on any atom is 0.257 e. The van der Waals surface area contributed by atoms with Crippen LogP contribution in [-0.4, -0.2) is 27.3 Å². The Morgan fingerprint density at radius 2 is 1.78 bits per heavy atom. The second-order valence-electron chi connectivity index (χ2n) is 10.00. The van der Waals surface area contributed by atoms with Crippen molar-refractivity contribution in [3.05, 3.63) is 57.0 Å². The number of nitrogens with zero attached hydrogens (tertiary/aromatic N) is 2. The summed E-state index contributed by atoms with van der Waals surface area (Å²) in [7, 11) is 1.78. The second kappa shape index (κ2) is 11.2. The molecule has 1 aromatic carbocycles. The van der Waals surface area contributed by atoms with Gasteiger partial charge in [0, 0.05) is 42.9 Å². The molecule has 0 spiro atoms. The molecule has 1 heterocycles. The molecule has 6 heteroatoms. The number of carbonyl (C=O) groups excluding carboxylic acids is 1. The number of thioether (sulfide) groups is 1. The van der Waals surface area contributed by atoms with Gasteiger partial charge in [0.1, 0.15) is 0 Å². The first kappa shape index (κ1) is 26.2. The minimum Gasteiger partial charge on any atom is -0.353 e. The van der Waals surface area contributed by atoms with Crippen LogP contribution in [0.15, 0.2) is 34.2 Å². The van der Waals surface area contributed by atoms with Crippen LogP contribution in [0.4, 0.5) is 0 Å². The molecular weight excluding hydrogens is 418 g/mol. The third-order valence-corrected chi connectivity index (χ3v) is 7.03. The first-order valence-corrected chi connectivity index (χ1v) is 12.5. The Balaban J connectivity index is 2.00. The van der Waals surface area contributed by atoms with Crippen molar-refractivity contribution in [2.45, 2.75) is 84.3 Å². The Morgan fingerprint density at radius 1 is 1.16 bits per heavy atom. The monoisotopic (exact) mass is 457 g/mol. The first-order valence-electron chi connectivity index (χ1n) is 11.5. The molecule has 2 rings (SSSR count). The van der Waals surface area contributed by atoms with E-state index in [1.54, 1.807) is 11.6 Å². The molecule has 0 saturated carbocycles. The molecule has 0 bridgehead atoms. The van der Waals surface area contributed by atoms with E-state index in [1.165, 1.54) is 17.3 Å². The Hall–Kier alpha value is -2.08. The molecule has 1 unspecified atom stereocenters. The number of hydrogen-bond donors (Lipinski definition) is 1. The molecule has 1 atom stereocenters. The minimum atomic E-state index is 0.00315. The smallest absolute Gasteiger partial charge is 0.257 e. The minimum absolute atomic E-state index is 0.00315. The van der Waals surface area contributed by atoms with Crippen molar-refractivity contribution >= 4 is 17.7 Å². The zero-order valence-corrected chi connectivity index (χ0v) is 21.7. The van der Waals surface area contributed by atoms with E-state index in [9.17, 15) is 9.59 Å². The maximum atomic E-state index is 13.0. The lowest BCUT2D eigenvalue weighted by Crippen LogP contribution is -2.35. The quantitative estimate of drug-likeness (QED) is 0.327.